The summed E-state index contributed by atoms with van der Waals surface area (Å²) in [6, 6.07) is 17.5. The fraction of sp³-hybridized carbons (Fsp3) is 0.372. The van der Waals surface area contributed by atoms with Crippen LogP contribution in [0.3, 0.4) is 0 Å². The van der Waals surface area contributed by atoms with Crippen LogP contribution in [-0.4, -0.2) is 121 Å². The average molecular weight is 804 g/mol. The number of alkyl carbamates (subject to hydrolysis) is 1. The summed E-state index contributed by atoms with van der Waals surface area (Å²) in [5.41, 5.74) is 6.42. The van der Waals surface area contributed by atoms with Crippen LogP contribution in [0.5, 0.6) is 0 Å². The molecular weight excluding hydrogens is 755 g/mol. The maximum Gasteiger partial charge on any atom is 0.407 e. The van der Waals surface area contributed by atoms with E-state index in [1.165, 1.54) is 21.3 Å². The average Bonchev–Trinajstić information content (AvgIpc) is 4.11. The Kier molecular flexibility index (Phi) is 12.4. The molecule has 4 N–H and O–H groups in total. The summed E-state index contributed by atoms with van der Waals surface area (Å²) < 4.78 is 10.1. The molecule has 59 heavy (non-hydrogen) atoms. The summed E-state index contributed by atoms with van der Waals surface area (Å²) in [4.78, 5) is 76.4. The van der Waals surface area contributed by atoms with Gasteiger partial charge >= 0.3 is 12.2 Å². The summed E-state index contributed by atoms with van der Waals surface area (Å²) in [6.45, 7) is 2.78. The second kappa shape index (κ2) is 17.9. The molecule has 4 amide bonds. The normalized spacial score (nSPS) is 18.0. The van der Waals surface area contributed by atoms with E-state index in [-0.39, 0.29) is 30.3 Å². The quantitative estimate of drug-likeness (QED) is 0.112. The highest BCUT2D eigenvalue weighted by atomic mass is 16.5. The lowest BCUT2D eigenvalue weighted by molar-refractivity contribution is -0.138. The Labute approximate surface area is 342 Å². The Balaban J connectivity index is 1.01. The molecule has 0 unspecified atom stereocenters. The van der Waals surface area contributed by atoms with Gasteiger partial charge in [-0.05, 0) is 72.6 Å². The molecule has 16 nitrogen and oxygen atoms in total. The molecular formula is C43H49N9O7. The lowest BCUT2D eigenvalue weighted by Gasteiger charge is -2.31. The van der Waals surface area contributed by atoms with E-state index >= 15 is 0 Å². The SMILES string of the molecule is COC(=O)N[C@H](C(=O)N1CCC[C@H]1c1ncc(-c2ccc(-c3ccc(-c4cnc([C@@H]5CCCN5C(=O)[C@H](Cc5ccncc5)N(C)C(=O)O)[nH]4)cc3)cc2)[nH]1)[C@@H](C)OC. The van der Waals surface area contributed by atoms with Crippen molar-refractivity contribution in [2.24, 2.45) is 0 Å². The van der Waals surface area contributed by atoms with E-state index in [4.69, 9.17) is 9.47 Å². The van der Waals surface area contributed by atoms with Crippen molar-refractivity contribution in [3.63, 3.8) is 0 Å². The molecule has 7 rings (SSSR count). The number of aromatic amines is 2. The Morgan fingerprint density at radius 2 is 1.29 bits per heavy atom. The third-order valence-corrected chi connectivity index (χ3v) is 11.4. The minimum absolute atomic E-state index is 0.244. The van der Waals surface area contributed by atoms with Crippen LogP contribution in [0.2, 0.25) is 0 Å². The molecule has 16 heteroatoms. The van der Waals surface area contributed by atoms with Crippen LogP contribution in [0.4, 0.5) is 9.59 Å². The number of carbonyl (C=O) groups excluding carboxylic acids is 3. The molecule has 0 saturated carbocycles. The second-order valence-electron chi connectivity index (χ2n) is 14.9. The van der Waals surface area contributed by atoms with Crippen molar-refractivity contribution in [1.29, 1.82) is 0 Å². The molecule has 2 aromatic carbocycles. The van der Waals surface area contributed by atoms with Gasteiger partial charge in [-0.2, -0.15) is 0 Å². The molecule has 0 spiro atoms. The molecule has 0 aliphatic carbocycles. The van der Waals surface area contributed by atoms with Crippen LogP contribution in [0.15, 0.2) is 85.5 Å². The number of ether oxygens (including phenoxy) is 2. The summed E-state index contributed by atoms with van der Waals surface area (Å²) in [7, 11) is 4.18. The summed E-state index contributed by atoms with van der Waals surface area (Å²) in [5, 5.41) is 12.4. The number of likely N-dealkylation sites (tertiary alicyclic amines) is 2. The molecule has 2 aliphatic heterocycles. The molecule has 3 aromatic heterocycles. The molecule has 2 saturated heterocycles. The van der Waals surface area contributed by atoms with Crippen LogP contribution >= 0.6 is 0 Å². The van der Waals surface area contributed by atoms with E-state index < -0.39 is 30.4 Å². The molecule has 5 heterocycles. The molecule has 308 valence electrons. The molecule has 5 atom stereocenters. The van der Waals surface area contributed by atoms with E-state index in [0.29, 0.717) is 24.7 Å². The predicted molar refractivity (Wildman–Crippen MR) is 218 cm³/mol. The summed E-state index contributed by atoms with van der Waals surface area (Å²) in [5.74, 6) is 0.841. The van der Waals surface area contributed by atoms with Crippen LogP contribution in [0, 0.1) is 0 Å². The van der Waals surface area contributed by atoms with E-state index in [9.17, 15) is 24.3 Å². The number of carbonyl (C=O) groups is 4. The monoisotopic (exact) mass is 803 g/mol. The van der Waals surface area contributed by atoms with Crippen molar-refractivity contribution in [2.45, 2.75) is 69.3 Å². The first-order chi connectivity index (χ1) is 28.6. The maximum absolute atomic E-state index is 13.9. The van der Waals surface area contributed by atoms with Crippen LogP contribution in [-0.2, 0) is 25.5 Å². The summed E-state index contributed by atoms with van der Waals surface area (Å²) in [6.07, 6.45) is 7.68. The topological polar surface area (TPSA) is 199 Å². The van der Waals surface area contributed by atoms with Crippen molar-refractivity contribution in [3.8, 4) is 33.6 Å². The first-order valence-corrected chi connectivity index (χ1v) is 19.7. The van der Waals surface area contributed by atoms with Gasteiger partial charge in [-0.15, -0.1) is 0 Å². The number of aromatic nitrogens is 5. The van der Waals surface area contributed by atoms with Crippen molar-refractivity contribution in [2.75, 3.05) is 34.4 Å². The summed E-state index contributed by atoms with van der Waals surface area (Å²) >= 11 is 0. The van der Waals surface area contributed by atoms with Gasteiger partial charge in [-0.1, -0.05) is 48.5 Å². The fourth-order valence-corrected chi connectivity index (χ4v) is 7.96. The number of nitrogens with one attached hydrogen (secondary N) is 3. The first-order valence-electron chi connectivity index (χ1n) is 19.7. The Morgan fingerprint density at radius 1 is 0.797 bits per heavy atom. The third kappa shape index (κ3) is 8.82. The van der Waals surface area contributed by atoms with Gasteiger partial charge in [-0.3, -0.25) is 19.5 Å². The van der Waals surface area contributed by atoms with Crippen LogP contribution in [0.25, 0.3) is 33.6 Å². The number of hydrogen-bond acceptors (Lipinski definition) is 9. The van der Waals surface area contributed by atoms with E-state index in [1.54, 1.807) is 53.6 Å². The highest BCUT2D eigenvalue weighted by molar-refractivity contribution is 5.87. The highest BCUT2D eigenvalue weighted by Gasteiger charge is 2.40. The number of rotatable bonds is 13. The third-order valence-electron chi connectivity index (χ3n) is 11.4. The zero-order valence-corrected chi connectivity index (χ0v) is 33.5. The lowest BCUT2D eigenvalue weighted by Crippen LogP contribution is -2.54. The number of amides is 4. The molecule has 2 aliphatic rings. The number of hydrogen-bond donors (Lipinski definition) is 4. The number of H-pyrrole nitrogens is 2. The van der Waals surface area contributed by atoms with Gasteiger partial charge in [0.1, 0.15) is 23.7 Å². The largest absolute Gasteiger partial charge is 0.465 e. The van der Waals surface area contributed by atoms with Gasteiger partial charge in [0.15, 0.2) is 0 Å². The minimum Gasteiger partial charge on any atom is -0.465 e. The minimum atomic E-state index is -1.16. The van der Waals surface area contributed by atoms with Gasteiger partial charge < -0.3 is 39.7 Å². The number of pyridine rings is 1. The zero-order chi connectivity index (χ0) is 41.6. The van der Waals surface area contributed by atoms with Gasteiger partial charge in [0.05, 0.1) is 49.1 Å². The zero-order valence-electron chi connectivity index (χ0n) is 33.5. The smallest absolute Gasteiger partial charge is 0.407 e. The number of carboxylic acid groups (broad SMARTS) is 1. The number of nitrogens with zero attached hydrogens (tertiary/aromatic N) is 6. The second-order valence-corrected chi connectivity index (χ2v) is 14.9. The van der Waals surface area contributed by atoms with Crippen LogP contribution in [0.1, 0.15) is 61.9 Å². The van der Waals surface area contributed by atoms with Crippen LogP contribution < -0.4 is 5.32 Å². The number of methoxy groups -OCH3 is 2. The molecule has 5 aromatic rings. The standard InChI is InChI=1S/C43H49N9O7/c1-26(58-3)37(49-42(55)59-4)41(54)52-22-6-8-35(52)39-46-25-33(48-39)31-15-11-29(12-16-31)28-9-13-30(14-10-28)32-24-45-38(47-32)34-7-5-21-51(34)40(53)36(50(2)43(56)57)23-27-17-19-44-20-18-27/h9-20,24-26,34-37H,5-8,21-23H2,1-4H3,(H,45,47)(H,46,48)(H,49,55)(H,56,57)/t26-,34+,35+,36+,37+/m1/s1. The Morgan fingerprint density at radius 3 is 1.76 bits per heavy atom. The number of likely N-dealkylation sites (N-methyl/N-ethyl adjacent to an activating group) is 1. The van der Waals surface area contributed by atoms with E-state index in [0.717, 1.165) is 69.8 Å². The molecule has 2 fully saturated rings. The van der Waals surface area contributed by atoms with E-state index in [1.807, 2.05) is 24.3 Å². The Hall–Kier alpha value is -6.55. The van der Waals surface area contributed by atoms with Crippen molar-refractivity contribution >= 4 is 24.0 Å². The number of imidazole rings is 2. The molecule has 0 radical (unpaired) electrons. The molecule has 0 bridgehead atoms. The van der Waals surface area contributed by atoms with Gasteiger partial charge in [0.25, 0.3) is 0 Å². The lowest BCUT2D eigenvalue weighted by atomic mass is 10.0. The van der Waals surface area contributed by atoms with Gasteiger partial charge in [-0.25, -0.2) is 19.6 Å². The van der Waals surface area contributed by atoms with Crippen molar-refractivity contribution in [1.82, 2.24) is 44.9 Å². The van der Waals surface area contributed by atoms with Crippen molar-refractivity contribution < 1.29 is 33.8 Å². The number of benzene rings is 2. The highest BCUT2D eigenvalue weighted by Crippen LogP contribution is 2.35. The van der Waals surface area contributed by atoms with Gasteiger partial charge in [0, 0.05) is 46.1 Å². The Bertz CT molecular complexity index is 2240. The predicted octanol–water partition coefficient (Wildman–Crippen LogP) is 5.84. The van der Waals surface area contributed by atoms with Crippen molar-refractivity contribution in [3.05, 3.63) is 103 Å². The first kappa shape index (κ1) is 40.6. The fourth-order valence-electron chi connectivity index (χ4n) is 7.96. The maximum atomic E-state index is 13.9. The van der Waals surface area contributed by atoms with E-state index in [2.05, 4.69) is 54.5 Å². The van der Waals surface area contributed by atoms with Gasteiger partial charge in [0.2, 0.25) is 11.8 Å².